The van der Waals surface area contributed by atoms with E-state index in [1.165, 1.54) is 0 Å². The number of benzene rings is 1. The number of nitrogens with zero attached hydrogens (tertiary/aromatic N) is 1. The molecule has 0 saturated heterocycles. The second kappa shape index (κ2) is 5.80. The lowest BCUT2D eigenvalue weighted by Gasteiger charge is -2.32. The summed E-state index contributed by atoms with van der Waals surface area (Å²) in [6.07, 6.45) is 1.77. The van der Waals surface area contributed by atoms with Gasteiger partial charge in [0.2, 0.25) is 0 Å². The van der Waals surface area contributed by atoms with E-state index in [1.54, 1.807) is 17.5 Å². The summed E-state index contributed by atoms with van der Waals surface area (Å²) >= 11 is 1.57. The molecular formula is C18H17NOS. The second-order valence-electron chi connectivity index (χ2n) is 5.22. The van der Waals surface area contributed by atoms with E-state index in [0.717, 1.165) is 16.1 Å². The van der Waals surface area contributed by atoms with Gasteiger partial charge < -0.3 is 5.11 Å². The average molecular weight is 295 g/mol. The Morgan fingerprint density at radius 2 is 1.76 bits per heavy atom. The zero-order chi connectivity index (χ0) is 14.7. The monoisotopic (exact) mass is 295 g/mol. The average Bonchev–Trinajstić information content (AvgIpc) is 3.04. The summed E-state index contributed by atoms with van der Waals surface area (Å²) in [6.45, 7) is 1.87. The van der Waals surface area contributed by atoms with Gasteiger partial charge in [-0.3, -0.25) is 4.98 Å². The maximum atomic E-state index is 11.2. The van der Waals surface area contributed by atoms with Crippen molar-refractivity contribution in [1.29, 1.82) is 0 Å². The van der Waals surface area contributed by atoms with E-state index in [4.69, 9.17) is 0 Å². The quantitative estimate of drug-likeness (QED) is 0.783. The van der Waals surface area contributed by atoms with Crippen LogP contribution in [0, 0.1) is 0 Å². The minimum absolute atomic E-state index is 0.196. The van der Waals surface area contributed by atoms with E-state index in [-0.39, 0.29) is 5.92 Å². The van der Waals surface area contributed by atoms with Gasteiger partial charge in [0.25, 0.3) is 0 Å². The fourth-order valence-electron chi connectivity index (χ4n) is 2.68. The van der Waals surface area contributed by atoms with Crippen molar-refractivity contribution in [3.63, 3.8) is 0 Å². The standard InChI is InChI=1S/C18H17NOS/c1-18(20,16-11-7-13-21-16)17(14-8-3-2-4-9-14)15-10-5-6-12-19-15/h2-13,17,20H,1H3/t17-,18-/m0/s1. The van der Waals surface area contributed by atoms with Crippen LogP contribution in [0.2, 0.25) is 0 Å². The molecule has 1 N–H and O–H groups in total. The van der Waals surface area contributed by atoms with Crippen molar-refractivity contribution in [2.24, 2.45) is 0 Å². The van der Waals surface area contributed by atoms with Crippen molar-refractivity contribution in [1.82, 2.24) is 4.98 Å². The molecule has 3 rings (SSSR count). The van der Waals surface area contributed by atoms with Gasteiger partial charge in [0, 0.05) is 11.1 Å². The molecule has 0 aliphatic rings. The predicted octanol–water partition coefficient (Wildman–Crippen LogP) is 4.18. The van der Waals surface area contributed by atoms with Crippen LogP contribution in [0.4, 0.5) is 0 Å². The molecule has 0 amide bonds. The van der Waals surface area contributed by atoms with Crippen molar-refractivity contribution in [3.05, 3.63) is 88.4 Å². The van der Waals surface area contributed by atoms with Crippen LogP contribution in [-0.2, 0) is 5.60 Å². The van der Waals surface area contributed by atoms with Crippen molar-refractivity contribution in [3.8, 4) is 0 Å². The van der Waals surface area contributed by atoms with Gasteiger partial charge in [-0.05, 0) is 36.1 Å². The Hall–Kier alpha value is -1.97. The number of pyridine rings is 1. The van der Waals surface area contributed by atoms with Crippen molar-refractivity contribution >= 4 is 11.3 Å². The first-order valence-electron chi connectivity index (χ1n) is 6.92. The van der Waals surface area contributed by atoms with E-state index >= 15 is 0 Å². The molecule has 2 nitrogen and oxygen atoms in total. The van der Waals surface area contributed by atoms with Crippen LogP contribution in [0.5, 0.6) is 0 Å². The van der Waals surface area contributed by atoms with Gasteiger partial charge in [-0.15, -0.1) is 11.3 Å². The van der Waals surface area contributed by atoms with Crippen molar-refractivity contribution in [2.75, 3.05) is 0 Å². The third kappa shape index (κ3) is 2.75. The number of thiophene rings is 1. The summed E-state index contributed by atoms with van der Waals surface area (Å²) in [5.41, 5.74) is 0.945. The lowest BCUT2D eigenvalue weighted by Crippen LogP contribution is -2.30. The highest BCUT2D eigenvalue weighted by molar-refractivity contribution is 7.10. The predicted molar refractivity (Wildman–Crippen MR) is 86.4 cm³/mol. The highest BCUT2D eigenvalue weighted by Gasteiger charge is 2.37. The Balaban J connectivity index is 2.13. The number of aliphatic hydroxyl groups is 1. The zero-order valence-electron chi connectivity index (χ0n) is 11.8. The summed E-state index contributed by atoms with van der Waals surface area (Å²) in [5, 5.41) is 13.2. The van der Waals surface area contributed by atoms with Crippen LogP contribution >= 0.6 is 11.3 Å². The van der Waals surface area contributed by atoms with E-state index in [9.17, 15) is 5.11 Å². The molecule has 0 bridgehead atoms. The van der Waals surface area contributed by atoms with Gasteiger partial charge >= 0.3 is 0 Å². The smallest absolute Gasteiger partial charge is 0.108 e. The van der Waals surface area contributed by atoms with Crippen LogP contribution in [-0.4, -0.2) is 10.1 Å². The molecule has 2 aromatic heterocycles. The third-order valence-electron chi connectivity index (χ3n) is 3.70. The van der Waals surface area contributed by atoms with E-state index in [0.29, 0.717) is 0 Å². The number of hydrogen-bond acceptors (Lipinski definition) is 3. The fraction of sp³-hybridized carbons (Fsp3) is 0.167. The molecule has 0 spiro atoms. The van der Waals surface area contributed by atoms with Gasteiger partial charge in [0.05, 0.1) is 11.6 Å². The van der Waals surface area contributed by atoms with Gasteiger partial charge in [0.1, 0.15) is 5.60 Å². The first-order valence-corrected chi connectivity index (χ1v) is 7.80. The minimum atomic E-state index is -0.996. The molecule has 106 valence electrons. The fourth-order valence-corrected chi connectivity index (χ4v) is 3.50. The molecule has 0 radical (unpaired) electrons. The topological polar surface area (TPSA) is 33.1 Å². The molecule has 21 heavy (non-hydrogen) atoms. The van der Waals surface area contributed by atoms with E-state index < -0.39 is 5.60 Å². The molecule has 0 aliphatic heterocycles. The van der Waals surface area contributed by atoms with Crippen LogP contribution in [0.15, 0.2) is 72.2 Å². The minimum Gasteiger partial charge on any atom is -0.384 e. The molecule has 3 heteroatoms. The Bertz CT molecular complexity index is 638. The molecule has 0 unspecified atom stereocenters. The Labute approximate surface area is 128 Å². The Morgan fingerprint density at radius 3 is 2.38 bits per heavy atom. The maximum Gasteiger partial charge on any atom is 0.108 e. The normalized spacial score (nSPS) is 15.3. The zero-order valence-corrected chi connectivity index (χ0v) is 12.6. The van der Waals surface area contributed by atoms with Crippen LogP contribution in [0.1, 0.15) is 29.0 Å². The Kier molecular flexibility index (Phi) is 3.86. The summed E-state index contributed by atoms with van der Waals surface area (Å²) in [7, 11) is 0. The van der Waals surface area contributed by atoms with Crippen molar-refractivity contribution in [2.45, 2.75) is 18.4 Å². The molecule has 0 aliphatic carbocycles. The lowest BCUT2D eigenvalue weighted by molar-refractivity contribution is 0.0418. The van der Waals surface area contributed by atoms with Crippen LogP contribution < -0.4 is 0 Å². The summed E-state index contributed by atoms with van der Waals surface area (Å²) < 4.78 is 0. The SMILES string of the molecule is C[C@](O)(c1cccs1)[C@@H](c1ccccc1)c1ccccn1. The first kappa shape index (κ1) is 14.0. The molecule has 3 aromatic rings. The number of hydrogen-bond donors (Lipinski definition) is 1. The highest BCUT2D eigenvalue weighted by atomic mass is 32.1. The van der Waals surface area contributed by atoms with Gasteiger partial charge in [-0.1, -0.05) is 42.5 Å². The second-order valence-corrected chi connectivity index (χ2v) is 6.17. The third-order valence-corrected chi connectivity index (χ3v) is 4.80. The van der Waals surface area contributed by atoms with Crippen LogP contribution in [0.3, 0.4) is 0 Å². The molecule has 1 aromatic carbocycles. The summed E-state index contributed by atoms with van der Waals surface area (Å²) in [4.78, 5) is 5.42. The summed E-state index contributed by atoms with van der Waals surface area (Å²) in [6, 6.07) is 19.8. The molecule has 0 saturated carbocycles. The Morgan fingerprint density at radius 1 is 1.00 bits per heavy atom. The number of aromatic nitrogens is 1. The first-order chi connectivity index (χ1) is 10.2. The molecular weight excluding hydrogens is 278 g/mol. The van der Waals surface area contributed by atoms with E-state index in [1.807, 2.05) is 73.0 Å². The van der Waals surface area contributed by atoms with Crippen molar-refractivity contribution < 1.29 is 5.11 Å². The lowest BCUT2D eigenvalue weighted by atomic mass is 9.80. The van der Waals surface area contributed by atoms with Gasteiger partial charge in [-0.25, -0.2) is 0 Å². The van der Waals surface area contributed by atoms with Crippen LogP contribution in [0.25, 0.3) is 0 Å². The molecule has 2 heterocycles. The van der Waals surface area contributed by atoms with Gasteiger partial charge in [0.15, 0.2) is 0 Å². The molecule has 0 fully saturated rings. The largest absolute Gasteiger partial charge is 0.384 e. The maximum absolute atomic E-state index is 11.2. The van der Waals surface area contributed by atoms with Gasteiger partial charge in [-0.2, -0.15) is 0 Å². The molecule has 2 atom stereocenters. The van der Waals surface area contributed by atoms with E-state index in [2.05, 4.69) is 4.98 Å². The highest BCUT2D eigenvalue weighted by Crippen LogP contribution is 2.42. The number of rotatable bonds is 4. The summed E-state index contributed by atoms with van der Waals surface area (Å²) in [5.74, 6) is -0.196.